The van der Waals surface area contributed by atoms with E-state index in [0.29, 0.717) is 17.5 Å². The molecule has 0 aliphatic heterocycles. The second-order valence-electron chi connectivity index (χ2n) is 14.0. The Labute approximate surface area is 327 Å². The fourth-order valence-electron chi connectivity index (χ4n) is 7.86. The highest BCUT2D eigenvalue weighted by molar-refractivity contribution is 7.25. The minimum Gasteiger partial charge on any atom is -0.456 e. The van der Waals surface area contributed by atoms with Crippen molar-refractivity contribution in [1.29, 1.82) is 0 Å². The molecular formula is C51H31N3OS. The molecule has 0 saturated heterocycles. The SMILES string of the molecule is c1ccc(-c2cccc(-c3nc(-c4ccccc4)nc(-c4cc(-c5ccc6c(c5)sc5ccccc56)ccc4-c4cccc5oc6ccccc6c45)n3)c2)cc1. The van der Waals surface area contributed by atoms with E-state index in [-0.39, 0.29) is 0 Å². The van der Waals surface area contributed by atoms with E-state index in [4.69, 9.17) is 19.4 Å². The molecule has 0 spiro atoms. The van der Waals surface area contributed by atoms with Crippen LogP contribution in [0.1, 0.15) is 0 Å². The first kappa shape index (κ1) is 32.2. The molecule has 0 bridgehead atoms. The van der Waals surface area contributed by atoms with Crippen molar-refractivity contribution < 1.29 is 4.42 Å². The molecule has 0 fully saturated rings. The van der Waals surface area contributed by atoms with Crippen LogP contribution in [0.25, 0.3) is 110 Å². The summed E-state index contributed by atoms with van der Waals surface area (Å²) in [7, 11) is 0. The summed E-state index contributed by atoms with van der Waals surface area (Å²) in [5.74, 6) is 1.83. The van der Waals surface area contributed by atoms with Crippen molar-refractivity contribution in [2.75, 3.05) is 0 Å². The van der Waals surface area contributed by atoms with Gasteiger partial charge < -0.3 is 4.42 Å². The summed E-state index contributed by atoms with van der Waals surface area (Å²) in [6.45, 7) is 0. The predicted octanol–water partition coefficient (Wildman–Crippen LogP) is 14.1. The molecular weight excluding hydrogens is 703 g/mol. The van der Waals surface area contributed by atoms with E-state index < -0.39 is 0 Å². The summed E-state index contributed by atoms with van der Waals surface area (Å²) in [5.41, 5.74) is 11.0. The van der Waals surface area contributed by atoms with Gasteiger partial charge in [-0.1, -0.05) is 152 Å². The van der Waals surface area contributed by atoms with Gasteiger partial charge in [0.2, 0.25) is 0 Å². The number of benzene rings is 8. The van der Waals surface area contributed by atoms with Gasteiger partial charge in [-0.3, -0.25) is 0 Å². The summed E-state index contributed by atoms with van der Waals surface area (Å²) in [6, 6.07) is 65.7. The normalized spacial score (nSPS) is 11.6. The smallest absolute Gasteiger partial charge is 0.164 e. The Kier molecular flexibility index (Phi) is 7.64. The van der Waals surface area contributed by atoms with Gasteiger partial charge in [0.25, 0.3) is 0 Å². The maximum absolute atomic E-state index is 6.38. The molecule has 0 amide bonds. The molecule has 0 saturated carbocycles. The molecule has 0 N–H and O–H groups in total. The van der Waals surface area contributed by atoms with Crippen LogP contribution in [0.4, 0.5) is 0 Å². The summed E-state index contributed by atoms with van der Waals surface area (Å²) in [6.07, 6.45) is 0. The van der Waals surface area contributed by atoms with Crippen molar-refractivity contribution >= 4 is 53.4 Å². The van der Waals surface area contributed by atoms with Gasteiger partial charge in [0.1, 0.15) is 11.2 Å². The highest BCUT2D eigenvalue weighted by Gasteiger charge is 2.21. The zero-order valence-electron chi connectivity index (χ0n) is 30.1. The molecule has 5 heteroatoms. The lowest BCUT2D eigenvalue weighted by atomic mass is 9.91. The number of para-hydroxylation sites is 1. The minimum atomic E-state index is 0.601. The Balaban J connectivity index is 1.17. The van der Waals surface area contributed by atoms with E-state index in [1.54, 1.807) is 0 Å². The molecule has 56 heavy (non-hydrogen) atoms. The van der Waals surface area contributed by atoms with Crippen LogP contribution in [0.2, 0.25) is 0 Å². The number of fused-ring (bicyclic) bond motifs is 6. The first-order chi connectivity index (χ1) is 27.7. The molecule has 0 atom stereocenters. The number of thiophene rings is 1. The number of hydrogen-bond donors (Lipinski definition) is 0. The molecule has 0 aliphatic carbocycles. The Morgan fingerprint density at radius 3 is 1.77 bits per heavy atom. The van der Waals surface area contributed by atoms with E-state index in [0.717, 1.165) is 72.0 Å². The van der Waals surface area contributed by atoms with E-state index in [2.05, 4.69) is 146 Å². The maximum Gasteiger partial charge on any atom is 0.164 e. The number of furan rings is 1. The molecule has 4 nitrogen and oxygen atoms in total. The molecule has 8 aromatic carbocycles. The molecule has 11 aromatic rings. The van der Waals surface area contributed by atoms with Crippen molar-refractivity contribution in [3.8, 4) is 67.5 Å². The monoisotopic (exact) mass is 733 g/mol. The summed E-state index contributed by atoms with van der Waals surface area (Å²) in [5, 5.41) is 4.70. The zero-order valence-corrected chi connectivity index (χ0v) is 30.9. The van der Waals surface area contributed by atoms with E-state index >= 15 is 0 Å². The molecule has 262 valence electrons. The van der Waals surface area contributed by atoms with Gasteiger partial charge in [-0.15, -0.1) is 11.3 Å². The first-order valence-electron chi connectivity index (χ1n) is 18.7. The largest absolute Gasteiger partial charge is 0.456 e. The number of rotatable bonds is 6. The lowest BCUT2D eigenvalue weighted by Gasteiger charge is -2.15. The highest BCUT2D eigenvalue weighted by Crippen LogP contribution is 2.43. The summed E-state index contributed by atoms with van der Waals surface area (Å²) >= 11 is 1.83. The van der Waals surface area contributed by atoms with Crippen molar-refractivity contribution in [3.63, 3.8) is 0 Å². The van der Waals surface area contributed by atoms with E-state index in [1.807, 2.05) is 53.8 Å². The Hall–Kier alpha value is -7.21. The van der Waals surface area contributed by atoms with Crippen LogP contribution in [0.15, 0.2) is 192 Å². The molecule has 11 rings (SSSR count). The van der Waals surface area contributed by atoms with Gasteiger partial charge in [-0.05, 0) is 69.8 Å². The fourth-order valence-corrected chi connectivity index (χ4v) is 9.00. The topological polar surface area (TPSA) is 51.8 Å². The standard InChI is InChI=1S/C51H31N3OS/c1-3-13-32(14-4-1)34-17-11-18-37(29-34)50-52-49(33-15-5-2-6-16-33)53-51(54-50)43-30-35(36-26-28-40-39-19-8-10-24-46(39)56-47(40)31-36)25-27-38(43)41-21-12-23-45-48(41)42-20-7-9-22-44(42)55-45/h1-31H. The summed E-state index contributed by atoms with van der Waals surface area (Å²) in [4.78, 5) is 15.7. The van der Waals surface area contributed by atoms with Crippen LogP contribution in [0, 0.1) is 0 Å². The van der Waals surface area contributed by atoms with Gasteiger partial charge in [0.15, 0.2) is 17.5 Å². The molecule has 3 aromatic heterocycles. The van der Waals surface area contributed by atoms with Crippen molar-refractivity contribution in [3.05, 3.63) is 188 Å². The van der Waals surface area contributed by atoms with E-state index in [9.17, 15) is 0 Å². The Bertz CT molecular complexity index is 3260. The minimum absolute atomic E-state index is 0.601. The number of aromatic nitrogens is 3. The Morgan fingerprint density at radius 1 is 0.321 bits per heavy atom. The van der Waals surface area contributed by atoms with Crippen LogP contribution in [-0.2, 0) is 0 Å². The van der Waals surface area contributed by atoms with Gasteiger partial charge in [-0.2, -0.15) is 0 Å². The average molecular weight is 734 g/mol. The third kappa shape index (κ3) is 5.56. The highest BCUT2D eigenvalue weighted by atomic mass is 32.1. The van der Waals surface area contributed by atoms with Crippen molar-refractivity contribution in [2.45, 2.75) is 0 Å². The van der Waals surface area contributed by atoms with Crippen molar-refractivity contribution in [2.24, 2.45) is 0 Å². The second kappa shape index (κ2) is 13.3. The molecule has 0 unspecified atom stereocenters. The van der Waals surface area contributed by atoms with Crippen LogP contribution >= 0.6 is 11.3 Å². The van der Waals surface area contributed by atoms with Crippen LogP contribution in [0.5, 0.6) is 0 Å². The zero-order chi connectivity index (χ0) is 37.0. The molecule has 0 radical (unpaired) electrons. The van der Waals surface area contributed by atoms with Gasteiger partial charge in [0, 0.05) is 47.6 Å². The molecule has 3 heterocycles. The lowest BCUT2D eigenvalue weighted by Crippen LogP contribution is -2.01. The fraction of sp³-hybridized carbons (Fsp3) is 0. The van der Waals surface area contributed by atoms with Gasteiger partial charge in [-0.25, -0.2) is 15.0 Å². The van der Waals surface area contributed by atoms with Crippen LogP contribution in [-0.4, -0.2) is 15.0 Å². The quantitative estimate of drug-likeness (QED) is 0.171. The number of nitrogens with zero attached hydrogens (tertiary/aromatic N) is 3. The predicted molar refractivity (Wildman–Crippen MR) is 233 cm³/mol. The van der Waals surface area contributed by atoms with Crippen LogP contribution in [0.3, 0.4) is 0 Å². The van der Waals surface area contributed by atoms with Crippen LogP contribution < -0.4 is 0 Å². The number of hydrogen-bond acceptors (Lipinski definition) is 5. The van der Waals surface area contributed by atoms with Gasteiger partial charge >= 0.3 is 0 Å². The first-order valence-corrected chi connectivity index (χ1v) is 19.5. The maximum atomic E-state index is 6.38. The summed E-state index contributed by atoms with van der Waals surface area (Å²) < 4.78 is 8.93. The van der Waals surface area contributed by atoms with Gasteiger partial charge in [0.05, 0.1) is 0 Å². The second-order valence-corrected chi connectivity index (χ2v) is 15.0. The molecule has 0 aliphatic rings. The Morgan fingerprint density at radius 2 is 0.911 bits per heavy atom. The van der Waals surface area contributed by atoms with E-state index in [1.165, 1.54) is 20.2 Å². The third-order valence-corrected chi connectivity index (χ3v) is 11.7. The average Bonchev–Trinajstić information content (AvgIpc) is 3.85. The van der Waals surface area contributed by atoms with Crippen molar-refractivity contribution in [1.82, 2.24) is 15.0 Å². The third-order valence-electron chi connectivity index (χ3n) is 10.6. The lowest BCUT2D eigenvalue weighted by molar-refractivity contribution is 0.669.